The molecule has 0 fully saturated rings. The number of nitro groups is 1. The Hall–Kier alpha value is -2.81. The maximum Gasteiger partial charge on any atom is 0.418 e. The molecule has 0 aliphatic carbocycles. The van der Waals surface area contributed by atoms with Gasteiger partial charge in [-0.3, -0.25) is 15.5 Å². The molecule has 2 rings (SSSR count). The summed E-state index contributed by atoms with van der Waals surface area (Å²) in [7, 11) is 0. The summed E-state index contributed by atoms with van der Waals surface area (Å²) in [5, 5.41) is 24.1. The first-order valence-electron chi connectivity index (χ1n) is 6.32. The fraction of sp³-hybridized carbons (Fsp3) is 0.0714. The number of hydrazone groups is 1. The molecule has 0 unspecified atom stereocenters. The van der Waals surface area contributed by atoms with Gasteiger partial charge in [-0.2, -0.15) is 18.3 Å². The topological polar surface area (TPSA) is 87.8 Å². The van der Waals surface area contributed by atoms with Crippen molar-refractivity contribution < 1.29 is 23.2 Å². The summed E-state index contributed by atoms with van der Waals surface area (Å²) in [4.78, 5) is 9.94. The number of nitrogens with zero attached hydrogens (tertiary/aromatic N) is 2. The maximum atomic E-state index is 12.8. The van der Waals surface area contributed by atoms with Gasteiger partial charge in [0, 0.05) is 16.7 Å². The molecule has 2 aromatic rings. The quantitative estimate of drug-likeness (QED) is 0.480. The molecule has 0 saturated heterocycles. The van der Waals surface area contributed by atoms with Gasteiger partial charge in [0.25, 0.3) is 0 Å². The van der Waals surface area contributed by atoms with E-state index in [1.54, 1.807) is 0 Å². The summed E-state index contributed by atoms with van der Waals surface area (Å²) in [6.45, 7) is 0. The van der Waals surface area contributed by atoms with E-state index in [1.807, 2.05) is 0 Å². The SMILES string of the molecule is O=[N+]([O-])c1cc(Cl)cc(C=NNc2ccccc2C(F)(F)F)c1O. The molecule has 0 aliphatic heterocycles. The van der Waals surface area contributed by atoms with Gasteiger partial charge >= 0.3 is 11.9 Å². The molecule has 24 heavy (non-hydrogen) atoms. The van der Waals surface area contributed by atoms with E-state index in [1.165, 1.54) is 24.3 Å². The predicted molar refractivity (Wildman–Crippen MR) is 82.4 cm³/mol. The summed E-state index contributed by atoms with van der Waals surface area (Å²) in [5.41, 5.74) is 0.195. The minimum atomic E-state index is -4.57. The highest BCUT2D eigenvalue weighted by Crippen LogP contribution is 2.35. The molecule has 0 amide bonds. The van der Waals surface area contributed by atoms with Gasteiger partial charge in [-0.1, -0.05) is 23.7 Å². The summed E-state index contributed by atoms with van der Waals surface area (Å²) < 4.78 is 38.5. The molecule has 0 aromatic heterocycles. The second-order valence-electron chi connectivity index (χ2n) is 4.53. The van der Waals surface area contributed by atoms with Crippen molar-refractivity contribution in [2.75, 3.05) is 5.43 Å². The lowest BCUT2D eigenvalue weighted by Gasteiger charge is -2.11. The molecule has 6 nitrogen and oxygen atoms in total. The maximum absolute atomic E-state index is 12.8. The van der Waals surface area contributed by atoms with Crippen LogP contribution in [0.3, 0.4) is 0 Å². The fourth-order valence-corrected chi connectivity index (χ4v) is 2.06. The Morgan fingerprint density at radius 1 is 1.29 bits per heavy atom. The van der Waals surface area contributed by atoms with Gasteiger partial charge in [-0.05, 0) is 18.2 Å². The molecule has 10 heteroatoms. The van der Waals surface area contributed by atoms with Gasteiger partial charge in [-0.15, -0.1) is 0 Å². The first-order chi connectivity index (χ1) is 11.2. The van der Waals surface area contributed by atoms with Gasteiger partial charge in [0.2, 0.25) is 5.75 Å². The molecule has 126 valence electrons. The minimum Gasteiger partial charge on any atom is -0.502 e. The molecule has 0 saturated carbocycles. The highest BCUT2D eigenvalue weighted by atomic mass is 35.5. The first kappa shape index (κ1) is 17.5. The van der Waals surface area contributed by atoms with Crippen LogP contribution < -0.4 is 5.43 Å². The summed E-state index contributed by atoms with van der Waals surface area (Å²) in [6.07, 6.45) is -3.64. The highest BCUT2D eigenvalue weighted by molar-refractivity contribution is 6.31. The Kier molecular flexibility index (Phi) is 4.93. The average molecular weight is 360 g/mol. The Morgan fingerprint density at radius 2 is 1.96 bits per heavy atom. The van der Waals surface area contributed by atoms with Crippen molar-refractivity contribution in [3.05, 3.63) is 62.7 Å². The number of halogens is 4. The predicted octanol–water partition coefficient (Wildman–Crippen LogP) is 4.42. The smallest absolute Gasteiger partial charge is 0.418 e. The average Bonchev–Trinajstić information content (AvgIpc) is 2.49. The van der Waals surface area contributed by atoms with Crippen molar-refractivity contribution in [3.8, 4) is 5.75 Å². The number of para-hydroxylation sites is 1. The number of rotatable bonds is 4. The molecule has 0 bridgehead atoms. The van der Waals surface area contributed by atoms with E-state index in [0.717, 1.165) is 18.3 Å². The zero-order valence-corrected chi connectivity index (χ0v) is 12.5. The van der Waals surface area contributed by atoms with Crippen LogP contribution in [0.1, 0.15) is 11.1 Å². The minimum absolute atomic E-state index is 0.0309. The molecule has 0 spiro atoms. The number of phenolic OH excluding ortho intramolecular Hbond substituents is 1. The fourth-order valence-electron chi connectivity index (χ4n) is 1.84. The lowest BCUT2D eigenvalue weighted by atomic mass is 10.2. The van der Waals surface area contributed by atoms with Crippen LogP contribution in [0.2, 0.25) is 5.02 Å². The van der Waals surface area contributed by atoms with Gasteiger partial charge in [-0.25, -0.2) is 0 Å². The van der Waals surface area contributed by atoms with Crippen molar-refractivity contribution in [1.82, 2.24) is 0 Å². The van der Waals surface area contributed by atoms with Gasteiger partial charge in [0.1, 0.15) is 0 Å². The number of hydrogen-bond acceptors (Lipinski definition) is 5. The van der Waals surface area contributed by atoms with Crippen molar-refractivity contribution in [3.63, 3.8) is 0 Å². The number of phenols is 1. The van der Waals surface area contributed by atoms with Crippen molar-refractivity contribution >= 4 is 29.2 Å². The zero-order chi connectivity index (χ0) is 17.9. The van der Waals surface area contributed by atoms with E-state index in [0.29, 0.717) is 0 Å². The number of aromatic hydroxyl groups is 1. The molecule has 2 N–H and O–H groups in total. The number of hydrogen-bond donors (Lipinski definition) is 2. The number of nitrogens with one attached hydrogen (secondary N) is 1. The number of alkyl halides is 3. The normalized spacial score (nSPS) is 11.7. The highest BCUT2D eigenvalue weighted by Gasteiger charge is 2.33. The summed E-state index contributed by atoms with van der Waals surface area (Å²) in [6, 6.07) is 6.78. The van der Waals surface area contributed by atoms with Crippen LogP contribution >= 0.6 is 11.6 Å². The Labute approximate surface area is 138 Å². The summed E-state index contributed by atoms with van der Waals surface area (Å²) in [5.74, 6) is -0.695. The van der Waals surface area contributed by atoms with Crippen molar-refractivity contribution in [2.24, 2.45) is 5.10 Å². The molecule has 0 aliphatic rings. The largest absolute Gasteiger partial charge is 0.502 e. The lowest BCUT2D eigenvalue weighted by Crippen LogP contribution is -2.08. The van der Waals surface area contributed by atoms with E-state index >= 15 is 0 Å². The van der Waals surface area contributed by atoms with E-state index in [-0.39, 0.29) is 16.3 Å². The van der Waals surface area contributed by atoms with E-state index < -0.39 is 28.1 Å². The zero-order valence-electron chi connectivity index (χ0n) is 11.7. The van der Waals surface area contributed by atoms with Crippen LogP contribution in [-0.2, 0) is 6.18 Å². The third kappa shape index (κ3) is 3.93. The third-order valence-electron chi connectivity index (χ3n) is 2.90. The lowest BCUT2D eigenvalue weighted by molar-refractivity contribution is -0.385. The third-order valence-corrected chi connectivity index (χ3v) is 3.12. The molecule has 0 atom stereocenters. The summed E-state index contributed by atoms with van der Waals surface area (Å²) >= 11 is 5.70. The Bertz CT molecular complexity index is 810. The molecular formula is C14H9ClF3N3O3. The monoisotopic (exact) mass is 359 g/mol. The number of nitro benzene ring substituents is 1. The van der Waals surface area contributed by atoms with Crippen LogP contribution in [0.25, 0.3) is 0 Å². The van der Waals surface area contributed by atoms with Crippen LogP contribution in [0, 0.1) is 10.1 Å². The molecular weight excluding hydrogens is 351 g/mol. The second kappa shape index (κ2) is 6.75. The van der Waals surface area contributed by atoms with Crippen LogP contribution in [0.5, 0.6) is 5.75 Å². The molecule has 2 aromatic carbocycles. The van der Waals surface area contributed by atoms with Gasteiger partial charge in [0.05, 0.1) is 22.4 Å². The van der Waals surface area contributed by atoms with Gasteiger partial charge < -0.3 is 5.11 Å². The van der Waals surface area contributed by atoms with Gasteiger partial charge in [0.15, 0.2) is 0 Å². The van der Waals surface area contributed by atoms with Crippen molar-refractivity contribution in [1.29, 1.82) is 0 Å². The van der Waals surface area contributed by atoms with Crippen LogP contribution in [0.4, 0.5) is 24.5 Å². The molecule has 0 radical (unpaired) electrons. The first-order valence-corrected chi connectivity index (χ1v) is 6.70. The standard InChI is InChI=1S/C14H9ClF3N3O3/c15-9-5-8(13(22)12(6-9)21(23)24)7-19-20-11-4-2-1-3-10(11)14(16,17)18/h1-7,20,22H. The Balaban J connectivity index is 2.30. The van der Waals surface area contributed by atoms with E-state index in [4.69, 9.17) is 11.6 Å². The second-order valence-corrected chi connectivity index (χ2v) is 4.97. The number of benzene rings is 2. The van der Waals surface area contributed by atoms with Crippen molar-refractivity contribution in [2.45, 2.75) is 6.18 Å². The van der Waals surface area contributed by atoms with E-state index in [2.05, 4.69) is 10.5 Å². The van der Waals surface area contributed by atoms with Crippen LogP contribution in [0.15, 0.2) is 41.5 Å². The Morgan fingerprint density at radius 3 is 2.58 bits per heavy atom. The van der Waals surface area contributed by atoms with Crippen LogP contribution in [-0.4, -0.2) is 16.2 Å². The van der Waals surface area contributed by atoms with E-state index in [9.17, 15) is 28.4 Å². The number of anilines is 1. The molecule has 0 heterocycles.